The molecule has 0 bridgehead atoms. The molecular weight excluding hydrogens is 441 g/mol. The average Bonchev–Trinajstić information content (AvgIpc) is 2.91. The summed E-state index contributed by atoms with van der Waals surface area (Å²) in [5, 5.41) is 3.86. The van der Waals surface area contributed by atoms with Gasteiger partial charge in [0.15, 0.2) is 5.17 Å². The number of nitrogens with one attached hydrogen (secondary N) is 1. The molecule has 3 rings (SSSR count). The molecule has 146 valence electrons. The molecule has 1 N–H and O–H groups in total. The number of benzene rings is 2. The van der Waals surface area contributed by atoms with E-state index in [0.29, 0.717) is 26.6 Å². The lowest BCUT2D eigenvalue weighted by atomic mass is 10.2. The van der Waals surface area contributed by atoms with E-state index >= 15 is 0 Å². The highest BCUT2D eigenvalue weighted by molar-refractivity contribution is 8.15. The summed E-state index contributed by atoms with van der Waals surface area (Å²) in [5.74, 6) is -0.514. The van der Waals surface area contributed by atoms with Crippen molar-refractivity contribution in [1.82, 2.24) is 4.90 Å². The summed E-state index contributed by atoms with van der Waals surface area (Å²) < 4.78 is 0. The minimum Gasteiger partial charge on any atom is -0.325 e. The van der Waals surface area contributed by atoms with Gasteiger partial charge in [0, 0.05) is 18.5 Å². The molecule has 9 heteroatoms. The van der Waals surface area contributed by atoms with Gasteiger partial charge in [-0.15, -0.1) is 0 Å². The lowest BCUT2D eigenvalue weighted by Gasteiger charge is -2.10. The van der Waals surface area contributed by atoms with E-state index in [0.717, 1.165) is 5.56 Å². The van der Waals surface area contributed by atoms with E-state index in [4.69, 9.17) is 34.8 Å². The number of anilines is 1. The second kappa shape index (κ2) is 8.74. The van der Waals surface area contributed by atoms with E-state index in [9.17, 15) is 9.59 Å². The van der Waals surface area contributed by atoms with Gasteiger partial charge in [0.1, 0.15) is 5.25 Å². The summed E-state index contributed by atoms with van der Waals surface area (Å²) in [5.41, 5.74) is 1.92. The number of carbonyl (C=O) groups is 2. The van der Waals surface area contributed by atoms with Crippen LogP contribution in [0.15, 0.2) is 41.4 Å². The number of hydrogen-bond donors (Lipinski definition) is 1. The topological polar surface area (TPSA) is 61.8 Å². The van der Waals surface area contributed by atoms with Crippen molar-refractivity contribution in [2.75, 3.05) is 12.4 Å². The van der Waals surface area contributed by atoms with Crippen molar-refractivity contribution in [3.05, 3.63) is 57.0 Å². The summed E-state index contributed by atoms with van der Waals surface area (Å²) in [4.78, 5) is 30.9. The third-order valence-electron chi connectivity index (χ3n) is 4.19. The molecule has 1 unspecified atom stereocenters. The molecule has 1 heterocycles. The molecule has 5 nitrogen and oxygen atoms in total. The fourth-order valence-electron chi connectivity index (χ4n) is 2.59. The molecule has 0 spiro atoms. The molecule has 0 aromatic heterocycles. The molecule has 1 aliphatic rings. The Bertz CT molecular complexity index is 981. The van der Waals surface area contributed by atoms with Crippen LogP contribution in [0.1, 0.15) is 12.0 Å². The number of nitrogens with zero attached hydrogens (tertiary/aromatic N) is 2. The van der Waals surface area contributed by atoms with Crippen molar-refractivity contribution >= 4 is 74.9 Å². The first-order valence-corrected chi connectivity index (χ1v) is 10.3. The third kappa shape index (κ3) is 4.46. The van der Waals surface area contributed by atoms with Crippen LogP contribution >= 0.6 is 46.6 Å². The van der Waals surface area contributed by atoms with Crippen molar-refractivity contribution in [3.8, 4) is 0 Å². The van der Waals surface area contributed by atoms with Gasteiger partial charge < -0.3 is 5.32 Å². The van der Waals surface area contributed by atoms with Crippen molar-refractivity contribution < 1.29 is 9.59 Å². The van der Waals surface area contributed by atoms with Crippen molar-refractivity contribution in [2.45, 2.75) is 18.6 Å². The van der Waals surface area contributed by atoms with E-state index < -0.39 is 5.25 Å². The quantitative estimate of drug-likeness (QED) is 0.656. The van der Waals surface area contributed by atoms with Gasteiger partial charge in [-0.05, 0) is 36.8 Å². The number of hydrogen-bond acceptors (Lipinski definition) is 4. The number of thioether (sulfide) groups is 1. The standard InChI is InChI=1S/C19H16Cl3N3O2S/c1-10-11(20)5-3-7-13(10)24-19-25(2)18(27)15(28-19)9-16(26)23-14-8-4-6-12(21)17(14)22/h3-8,15H,9H2,1-2H3,(H,23,26). The lowest BCUT2D eigenvalue weighted by molar-refractivity contribution is -0.127. The maximum atomic E-state index is 12.5. The Labute approximate surface area is 182 Å². The molecule has 1 atom stereocenters. The number of aliphatic imine (C=N–C) groups is 1. The van der Waals surface area contributed by atoms with E-state index in [-0.39, 0.29) is 23.3 Å². The Morgan fingerprint density at radius 3 is 2.61 bits per heavy atom. The van der Waals surface area contributed by atoms with Crippen LogP contribution in [0.5, 0.6) is 0 Å². The van der Waals surface area contributed by atoms with Gasteiger partial charge in [0.25, 0.3) is 0 Å². The summed E-state index contributed by atoms with van der Waals surface area (Å²) in [6.45, 7) is 1.86. The Balaban J connectivity index is 1.73. The summed E-state index contributed by atoms with van der Waals surface area (Å²) in [6.07, 6.45) is -0.00969. The number of carbonyl (C=O) groups excluding carboxylic acids is 2. The molecule has 0 saturated carbocycles. The molecule has 2 aromatic carbocycles. The smallest absolute Gasteiger partial charge is 0.242 e. The molecule has 2 amide bonds. The molecular formula is C19H16Cl3N3O2S. The Morgan fingerprint density at radius 2 is 1.86 bits per heavy atom. The predicted octanol–water partition coefficient (Wildman–Crippen LogP) is 5.55. The van der Waals surface area contributed by atoms with Gasteiger partial charge in [-0.1, -0.05) is 58.7 Å². The largest absolute Gasteiger partial charge is 0.325 e. The van der Waals surface area contributed by atoms with Crippen LogP contribution < -0.4 is 5.32 Å². The number of rotatable bonds is 4. The van der Waals surface area contributed by atoms with Crippen LogP contribution in [0.3, 0.4) is 0 Å². The number of amides is 2. The first kappa shape index (κ1) is 21.0. The average molecular weight is 457 g/mol. The van der Waals surface area contributed by atoms with Gasteiger partial charge >= 0.3 is 0 Å². The third-order valence-corrected chi connectivity index (χ3v) is 6.65. The summed E-state index contributed by atoms with van der Waals surface area (Å²) in [7, 11) is 1.64. The molecule has 1 saturated heterocycles. The number of amidine groups is 1. The Morgan fingerprint density at radius 1 is 1.18 bits per heavy atom. The maximum absolute atomic E-state index is 12.5. The van der Waals surface area contributed by atoms with Crippen LogP contribution in [-0.2, 0) is 9.59 Å². The van der Waals surface area contributed by atoms with Crippen LogP contribution in [-0.4, -0.2) is 34.2 Å². The zero-order valence-electron chi connectivity index (χ0n) is 15.0. The van der Waals surface area contributed by atoms with Gasteiger partial charge in [-0.3, -0.25) is 14.5 Å². The molecule has 1 fully saturated rings. The van der Waals surface area contributed by atoms with Crippen LogP contribution in [0, 0.1) is 6.92 Å². The van der Waals surface area contributed by atoms with E-state index in [1.54, 1.807) is 37.4 Å². The second-order valence-corrected chi connectivity index (χ2v) is 8.50. The first-order chi connectivity index (χ1) is 13.3. The zero-order valence-corrected chi connectivity index (χ0v) is 18.1. The van der Waals surface area contributed by atoms with Gasteiger partial charge in [0.05, 0.1) is 21.4 Å². The SMILES string of the molecule is Cc1c(Cl)cccc1N=C1SC(CC(=O)Nc2cccc(Cl)c2Cl)C(=O)N1C. The first-order valence-electron chi connectivity index (χ1n) is 8.30. The van der Waals surface area contributed by atoms with Crippen LogP contribution in [0.4, 0.5) is 11.4 Å². The summed E-state index contributed by atoms with van der Waals surface area (Å²) in [6, 6.07) is 10.4. The minimum absolute atomic E-state index is 0.00969. The normalized spacial score (nSPS) is 18.0. The van der Waals surface area contributed by atoms with E-state index in [1.165, 1.54) is 16.7 Å². The van der Waals surface area contributed by atoms with Crippen molar-refractivity contribution in [3.63, 3.8) is 0 Å². The van der Waals surface area contributed by atoms with Gasteiger partial charge in [-0.2, -0.15) is 0 Å². The molecule has 1 aliphatic heterocycles. The van der Waals surface area contributed by atoms with Crippen LogP contribution in [0.2, 0.25) is 15.1 Å². The predicted molar refractivity (Wildman–Crippen MR) is 117 cm³/mol. The van der Waals surface area contributed by atoms with Crippen molar-refractivity contribution in [1.29, 1.82) is 0 Å². The molecule has 28 heavy (non-hydrogen) atoms. The van der Waals surface area contributed by atoms with E-state index in [2.05, 4.69) is 10.3 Å². The van der Waals surface area contributed by atoms with Crippen LogP contribution in [0.25, 0.3) is 0 Å². The fraction of sp³-hybridized carbons (Fsp3) is 0.211. The molecule has 0 aliphatic carbocycles. The minimum atomic E-state index is -0.568. The van der Waals surface area contributed by atoms with Crippen molar-refractivity contribution in [2.24, 2.45) is 4.99 Å². The Hall–Kier alpha value is -1.73. The lowest BCUT2D eigenvalue weighted by Crippen LogP contribution is -2.30. The summed E-state index contributed by atoms with van der Waals surface area (Å²) >= 11 is 19.4. The zero-order chi connectivity index (χ0) is 20.4. The Kier molecular flexibility index (Phi) is 6.55. The highest BCUT2D eigenvalue weighted by Gasteiger charge is 2.37. The number of halogens is 3. The van der Waals surface area contributed by atoms with E-state index in [1.807, 2.05) is 13.0 Å². The monoisotopic (exact) mass is 455 g/mol. The maximum Gasteiger partial charge on any atom is 0.242 e. The highest BCUT2D eigenvalue weighted by atomic mass is 35.5. The second-order valence-electron chi connectivity index (χ2n) is 6.14. The van der Waals surface area contributed by atoms with Gasteiger partial charge in [0.2, 0.25) is 11.8 Å². The molecule has 0 radical (unpaired) electrons. The van der Waals surface area contributed by atoms with Gasteiger partial charge in [-0.25, -0.2) is 4.99 Å². The highest BCUT2D eigenvalue weighted by Crippen LogP contribution is 2.34. The molecule has 2 aromatic rings. The fourth-order valence-corrected chi connectivity index (χ4v) is 4.25.